The Bertz CT molecular complexity index is 568. The van der Waals surface area contributed by atoms with Crippen LogP contribution < -0.4 is 0 Å². The van der Waals surface area contributed by atoms with Crippen LogP contribution in [0.25, 0.3) is 0 Å². The molecule has 0 saturated carbocycles. The Morgan fingerprint density at radius 1 is 1.21 bits per heavy atom. The molecule has 1 nitrogen and oxygen atoms in total. The van der Waals surface area contributed by atoms with E-state index in [1.807, 2.05) is 31.2 Å². The molecule has 0 aliphatic rings. The van der Waals surface area contributed by atoms with Crippen LogP contribution in [-0.4, -0.2) is 11.7 Å². The topological polar surface area (TPSA) is 20.2 Å². The lowest BCUT2D eigenvalue weighted by Gasteiger charge is -2.17. The van der Waals surface area contributed by atoms with Crippen LogP contribution in [0.5, 0.6) is 0 Å². The molecule has 0 bridgehead atoms. The summed E-state index contributed by atoms with van der Waals surface area (Å²) in [5.41, 5.74) is 3.07. The molecule has 0 heterocycles. The molecule has 1 atom stereocenters. The van der Waals surface area contributed by atoms with Gasteiger partial charge in [-0.2, -0.15) is 0 Å². The highest BCUT2D eigenvalue weighted by Gasteiger charge is 2.14. The molecule has 2 rings (SSSR count). The Labute approximate surface area is 117 Å². The largest absolute Gasteiger partial charge is 0.396 e. The van der Waals surface area contributed by atoms with Crippen molar-refractivity contribution in [3.8, 4) is 0 Å². The first kappa shape index (κ1) is 14.0. The molecule has 3 heteroatoms. The van der Waals surface area contributed by atoms with E-state index in [1.54, 1.807) is 12.1 Å². The Balaban J connectivity index is 2.24. The van der Waals surface area contributed by atoms with Gasteiger partial charge in [-0.15, -0.1) is 0 Å². The van der Waals surface area contributed by atoms with Crippen LogP contribution in [0.1, 0.15) is 22.6 Å². The summed E-state index contributed by atoms with van der Waals surface area (Å²) in [7, 11) is 0. The van der Waals surface area contributed by atoms with E-state index in [2.05, 4.69) is 0 Å². The number of hydrogen-bond donors (Lipinski definition) is 1. The summed E-state index contributed by atoms with van der Waals surface area (Å²) in [6, 6.07) is 12.7. The molecule has 100 valence electrons. The maximum atomic E-state index is 13.4. The summed E-state index contributed by atoms with van der Waals surface area (Å²) < 4.78 is 13.4. The van der Waals surface area contributed by atoms with Gasteiger partial charge >= 0.3 is 0 Å². The second-order valence-electron chi connectivity index (χ2n) is 4.69. The zero-order chi connectivity index (χ0) is 13.8. The van der Waals surface area contributed by atoms with Gasteiger partial charge in [-0.25, -0.2) is 4.39 Å². The van der Waals surface area contributed by atoms with Crippen LogP contribution in [0.4, 0.5) is 4.39 Å². The standard InChI is InChI=1S/C16H16ClFO/c1-11-4-2-3-5-14(11)13(10-19)8-12-6-7-15(17)16(18)9-12/h2-7,9,13,19H,8,10H2,1H3. The van der Waals surface area contributed by atoms with Crippen LogP contribution in [0.2, 0.25) is 5.02 Å². The summed E-state index contributed by atoms with van der Waals surface area (Å²) in [4.78, 5) is 0. The van der Waals surface area contributed by atoms with Crippen molar-refractivity contribution in [2.45, 2.75) is 19.3 Å². The van der Waals surface area contributed by atoms with Crippen molar-refractivity contribution in [3.63, 3.8) is 0 Å². The lowest BCUT2D eigenvalue weighted by atomic mass is 9.90. The van der Waals surface area contributed by atoms with E-state index in [0.717, 1.165) is 16.7 Å². The Morgan fingerprint density at radius 2 is 1.95 bits per heavy atom. The quantitative estimate of drug-likeness (QED) is 0.892. The zero-order valence-corrected chi connectivity index (χ0v) is 11.5. The minimum Gasteiger partial charge on any atom is -0.396 e. The molecule has 0 saturated heterocycles. The smallest absolute Gasteiger partial charge is 0.142 e. The molecule has 0 radical (unpaired) electrons. The van der Waals surface area contributed by atoms with Crippen molar-refractivity contribution in [1.29, 1.82) is 0 Å². The van der Waals surface area contributed by atoms with Crippen LogP contribution in [0.15, 0.2) is 42.5 Å². The number of aliphatic hydroxyl groups excluding tert-OH is 1. The van der Waals surface area contributed by atoms with Crippen molar-refractivity contribution in [2.24, 2.45) is 0 Å². The molecule has 0 amide bonds. The zero-order valence-electron chi connectivity index (χ0n) is 10.7. The maximum absolute atomic E-state index is 13.4. The van der Waals surface area contributed by atoms with Gasteiger partial charge in [-0.3, -0.25) is 0 Å². The van der Waals surface area contributed by atoms with E-state index < -0.39 is 5.82 Å². The fourth-order valence-corrected chi connectivity index (χ4v) is 2.39. The normalized spacial score (nSPS) is 12.4. The van der Waals surface area contributed by atoms with E-state index in [1.165, 1.54) is 6.07 Å². The third-order valence-corrected chi connectivity index (χ3v) is 3.62. The van der Waals surface area contributed by atoms with Gasteiger partial charge in [0.25, 0.3) is 0 Å². The summed E-state index contributed by atoms with van der Waals surface area (Å²) in [6.07, 6.45) is 0.593. The highest BCUT2D eigenvalue weighted by molar-refractivity contribution is 6.30. The first-order chi connectivity index (χ1) is 9.11. The van der Waals surface area contributed by atoms with E-state index >= 15 is 0 Å². The van der Waals surface area contributed by atoms with Crippen LogP contribution in [0.3, 0.4) is 0 Å². The van der Waals surface area contributed by atoms with E-state index in [0.29, 0.717) is 6.42 Å². The molecular weight excluding hydrogens is 263 g/mol. The maximum Gasteiger partial charge on any atom is 0.142 e. The number of aliphatic hydroxyl groups is 1. The van der Waals surface area contributed by atoms with E-state index in [4.69, 9.17) is 11.6 Å². The van der Waals surface area contributed by atoms with E-state index in [9.17, 15) is 9.50 Å². The lowest BCUT2D eigenvalue weighted by Crippen LogP contribution is -2.09. The Kier molecular flexibility index (Phi) is 4.56. The lowest BCUT2D eigenvalue weighted by molar-refractivity contribution is 0.264. The fourth-order valence-electron chi connectivity index (χ4n) is 2.27. The van der Waals surface area contributed by atoms with Crippen LogP contribution >= 0.6 is 11.6 Å². The van der Waals surface area contributed by atoms with Gasteiger partial charge in [-0.05, 0) is 42.2 Å². The third-order valence-electron chi connectivity index (χ3n) is 3.31. The van der Waals surface area contributed by atoms with Crippen LogP contribution in [-0.2, 0) is 6.42 Å². The summed E-state index contributed by atoms with van der Waals surface area (Å²) in [5, 5.41) is 9.69. The number of hydrogen-bond acceptors (Lipinski definition) is 1. The van der Waals surface area contributed by atoms with Gasteiger partial charge in [0.05, 0.1) is 11.6 Å². The van der Waals surface area contributed by atoms with E-state index in [-0.39, 0.29) is 17.5 Å². The molecule has 0 aliphatic carbocycles. The van der Waals surface area contributed by atoms with Crippen molar-refractivity contribution >= 4 is 11.6 Å². The van der Waals surface area contributed by atoms with Gasteiger partial charge < -0.3 is 5.11 Å². The first-order valence-corrected chi connectivity index (χ1v) is 6.60. The first-order valence-electron chi connectivity index (χ1n) is 6.22. The molecule has 19 heavy (non-hydrogen) atoms. The number of halogens is 2. The molecule has 2 aromatic rings. The summed E-state index contributed by atoms with van der Waals surface area (Å²) >= 11 is 5.67. The number of benzene rings is 2. The third kappa shape index (κ3) is 3.34. The average molecular weight is 279 g/mol. The summed E-state index contributed by atoms with van der Waals surface area (Å²) in [6.45, 7) is 2.05. The minimum atomic E-state index is -0.416. The molecular formula is C16H16ClFO. The highest BCUT2D eigenvalue weighted by atomic mass is 35.5. The molecule has 1 N–H and O–H groups in total. The van der Waals surface area contributed by atoms with Gasteiger partial charge in [0.15, 0.2) is 0 Å². The van der Waals surface area contributed by atoms with Crippen molar-refractivity contribution in [2.75, 3.05) is 6.61 Å². The monoisotopic (exact) mass is 278 g/mol. The molecule has 2 aromatic carbocycles. The van der Waals surface area contributed by atoms with Crippen LogP contribution in [0, 0.1) is 12.7 Å². The Morgan fingerprint density at radius 3 is 2.58 bits per heavy atom. The SMILES string of the molecule is Cc1ccccc1C(CO)Cc1ccc(Cl)c(F)c1. The molecule has 0 aromatic heterocycles. The van der Waals surface area contributed by atoms with Gasteiger partial charge in [0, 0.05) is 5.92 Å². The number of aryl methyl sites for hydroxylation is 1. The van der Waals surface area contributed by atoms with Gasteiger partial charge in [-0.1, -0.05) is 41.9 Å². The highest BCUT2D eigenvalue weighted by Crippen LogP contribution is 2.25. The van der Waals surface area contributed by atoms with Crippen molar-refractivity contribution in [3.05, 3.63) is 70.0 Å². The fraction of sp³-hybridized carbons (Fsp3) is 0.250. The second-order valence-corrected chi connectivity index (χ2v) is 5.10. The molecule has 0 spiro atoms. The second kappa shape index (κ2) is 6.18. The van der Waals surface area contributed by atoms with Gasteiger partial charge in [0.2, 0.25) is 0 Å². The van der Waals surface area contributed by atoms with Crippen molar-refractivity contribution < 1.29 is 9.50 Å². The van der Waals surface area contributed by atoms with Gasteiger partial charge in [0.1, 0.15) is 5.82 Å². The predicted octanol–water partition coefficient (Wildman–Crippen LogP) is 4.11. The minimum absolute atomic E-state index is 0.0261. The average Bonchev–Trinajstić information content (AvgIpc) is 2.41. The Hall–Kier alpha value is -1.38. The molecule has 0 aliphatic heterocycles. The predicted molar refractivity (Wildman–Crippen MR) is 76.1 cm³/mol. The molecule has 0 fully saturated rings. The number of rotatable bonds is 4. The van der Waals surface area contributed by atoms with Crippen molar-refractivity contribution in [1.82, 2.24) is 0 Å². The molecule has 1 unspecified atom stereocenters. The summed E-state index contributed by atoms with van der Waals surface area (Å²) in [5.74, 6) is -0.442.